The van der Waals surface area contributed by atoms with Crippen LogP contribution >= 0.6 is 11.8 Å². The fourth-order valence-electron chi connectivity index (χ4n) is 1.88. The maximum absolute atomic E-state index is 13.1. The number of thioether (sulfide) groups is 1. The van der Waals surface area contributed by atoms with Crippen LogP contribution in [0.2, 0.25) is 0 Å². The van der Waals surface area contributed by atoms with Crippen molar-refractivity contribution in [1.29, 1.82) is 0 Å². The molecule has 0 spiro atoms. The van der Waals surface area contributed by atoms with Gasteiger partial charge in [-0.15, -0.1) is 11.8 Å². The number of sulfone groups is 1. The molecule has 0 aromatic heterocycles. The molecular formula is C14H22FNO2S2. The van der Waals surface area contributed by atoms with E-state index in [4.69, 9.17) is 0 Å². The monoisotopic (exact) mass is 319 g/mol. The first-order valence-electron chi connectivity index (χ1n) is 6.70. The molecular weight excluding hydrogens is 297 g/mol. The maximum atomic E-state index is 13.1. The summed E-state index contributed by atoms with van der Waals surface area (Å²) in [4.78, 5) is 0.899. The van der Waals surface area contributed by atoms with E-state index < -0.39 is 9.84 Å². The topological polar surface area (TPSA) is 46.2 Å². The van der Waals surface area contributed by atoms with E-state index in [0.717, 1.165) is 23.6 Å². The second-order valence-electron chi connectivity index (χ2n) is 4.80. The summed E-state index contributed by atoms with van der Waals surface area (Å²) in [5.41, 5.74) is 0. The number of rotatable bonds is 9. The van der Waals surface area contributed by atoms with Crippen molar-refractivity contribution in [3.05, 3.63) is 30.1 Å². The van der Waals surface area contributed by atoms with Gasteiger partial charge in [0, 0.05) is 28.7 Å². The minimum atomic E-state index is -2.89. The van der Waals surface area contributed by atoms with E-state index in [-0.39, 0.29) is 17.6 Å². The van der Waals surface area contributed by atoms with Gasteiger partial charge in [-0.05, 0) is 37.6 Å². The summed E-state index contributed by atoms with van der Waals surface area (Å²) in [6.07, 6.45) is 2.72. The van der Waals surface area contributed by atoms with Gasteiger partial charge in [0.15, 0.2) is 0 Å². The molecule has 0 bridgehead atoms. The van der Waals surface area contributed by atoms with Crippen LogP contribution in [0.5, 0.6) is 0 Å². The summed E-state index contributed by atoms with van der Waals surface area (Å²) in [5.74, 6) is 0.799. The Morgan fingerprint density at radius 1 is 1.40 bits per heavy atom. The van der Waals surface area contributed by atoms with E-state index >= 15 is 0 Å². The van der Waals surface area contributed by atoms with Crippen LogP contribution < -0.4 is 5.32 Å². The molecule has 0 aliphatic carbocycles. The predicted molar refractivity (Wildman–Crippen MR) is 83.5 cm³/mol. The predicted octanol–water partition coefficient (Wildman–Crippen LogP) is 2.72. The zero-order valence-electron chi connectivity index (χ0n) is 11.9. The van der Waals surface area contributed by atoms with E-state index in [1.165, 1.54) is 18.4 Å². The molecule has 114 valence electrons. The highest BCUT2D eigenvalue weighted by Gasteiger charge is 2.10. The highest BCUT2D eigenvalue weighted by Crippen LogP contribution is 2.20. The Bertz CT molecular complexity index is 506. The van der Waals surface area contributed by atoms with E-state index in [2.05, 4.69) is 5.32 Å². The molecule has 1 unspecified atom stereocenters. The number of halogens is 1. The number of hydrogen-bond acceptors (Lipinski definition) is 4. The van der Waals surface area contributed by atoms with Crippen molar-refractivity contribution in [2.75, 3.05) is 24.3 Å². The van der Waals surface area contributed by atoms with Crippen molar-refractivity contribution in [1.82, 2.24) is 5.32 Å². The van der Waals surface area contributed by atoms with Gasteiger partial charge in [0.25, 0.3) is 0 Å². The Kier molecular flexibility index (Phi) is 7.55. The van der Waals surface area contributed by atoms with E-state index in [9.17, 15) is 12.8 Å². The van der Waals surface area contributed by atoms with Crippen molar-refractivity contribution in [3.8, 4) is 0 Å². The first-order valence-corrected chi connectivity index (χ1v) is 9.75. The van der Waals surface area contributed by atoms with Crippen molar-refractivity contribution < 1.29 is 12.8 Å². The molecule has 1 aromatic carbocycles. The summed E-state index contributed by atoms with van der Waals surface area (Å²) < 4.78 is 35.3. The zero-order chi connectivity index (χ0) is 15.0. The van der Waals surface area contributed by atoms with E-state index in [0.29, 0.717) is 6.42 Å². The van der Waals surface area contributed by atoms with Gasteiger partial charge in [-0.1, -0.05) is 13.0 Å². The average Bonchev–Trinajstić information content (AvgIpc) is 2.34. The van der Waals surface area contributed by atoms with Crippen molar-refractivity contribution >= 4 is 21.6 Å². The quantitative estimate of drug-likeness (QED) is 0.711. The Morgan fingerprint density at radius 3 is 2.75 bits per heavy atom. The molecule has 3 nitrogen and oxygen atoms in total. The number of nitrogens with one attached hydrogen (secondary N) is 1. The first kappa shape index (κ1) is 17.5. The third-order valence-corrected chi connectivity index (χ3v) is 4.99. The number of benzene rings is 1. The molecule has 1 atom stereocenters. The lowest BCUT2D eigenvalue weighted by molar-refractivity contribution is 0.527. The molecule has 0 heterocycles. The van der Waals surface area contributed by atoms with Gasteiger partial charge in [0.2, 0.25) is 0 Å². The van der Waals surface area contributed by atoms with Crippen LogP contribution in [0, 0.1) is 5.82 Å². The van der Waals surface area contributed by atoms with Crippen LogP contribution in [0.4, 0.5) is 4.39 Å². The third-order valence-electron chi connectivity index (χ3n) is 2.81. The number of hydrogen-bond donors (Lipinski definition) is 1. The smallest absolute Gasteiger partial charge is 0.147 e. The van der Waals surface area contributed by atoms with Gasteiger partial charge < -0.3 is 5.32 Å². The first-order chi connectivity index (χ1) is 9.40. The molecule has 0 fully saturated rings. The molecule has 20 heavy (non-hydrogen) atoms. The lowest BCUT2D eigenvalue weighted by Crippen LogP contribution is -2.31. The van der Waals surface area contributed by atoms with Gasteiger partial charge in [-0.25, -0.2) is 12.8 Å². The van der Waals surface area contributed by atoms with Gasteiger partial charge in [-0.3, -0.25) is 0 Å². The van der Waals surface area contributed by atoms with Crippen LogP contribution in [0.1, 0.15) is 19.8 Å². The summed E-state index contributed by atoms with van der Waals surface area (Å²) >= 11 is 1.59. The minimum absolute atomic E-state index is 0.222. The lowest BCUT2D eigenvalue weighted by atomic mass is 10.2. The molecule has 0 aliphatic heterocycles. The fourth-order valence-corrected chi connectivity index (χ4v) is 3.62. The minimum Gasteiger partial charge on any atom is -0.313 e. The Balaban J connectivity index is 2.42. The molecule has 0 saturated carbocycles. The zero-order valence-corrected chi connectivity index (χ0v) is 13.6. The highest BCUT2D eigenvalue weighted by atomic mass is 32.2. The second kappa shape index (κ2) is 8.64. The highest BCUT2D eigenvalue weighted by molar-refractivity contribution is 7.99. The SMILES string of the molecule is CCNC(CCCS(C)(=O)=O)CSc1cccc(F)c1. The van der Waals surface area contributed by atoms with Crippen molar-refractivity contribution in [2.45, 2.75) is 30.7 Å². The molecule has 0 saturated heterocycles. The maximum Gasteiger partial charge on any atom is 0.147 e. The van der Waals surface area contributed by atoms with Crippen LogP contribution in [0.25, 0.3) is 0 Å². The van der Waals surface area contributed by atoms with Crippen LogP contribution in [0.15, 0.2) is 29.2 Å². The average molecular weight is 319 g/mol. The van der Waals surface area contributed by atoms with E-state index in [1.807, 2.05) is 13.0 Å². The Morgan fingerprint density at radius 2 is 2.15 bits per heavy atom. The van der Waals surface area contributed by atoms with Gasteiger partial charge in [0.1, 0.15) is 15.7 Å². The molecule has 0 aliphatic rings. The van der Waals surface area contributed by atoms with Crippen molar-refractivity contribution in [3.63, 3.8) is 0 Å². The fraction of sp³-hybridized carbons (Fsp3) is 0.571. The summed E-state index contributed by atoms with van der Waals surface area (Å²) in [6, 6.07) is 6.77. The second-order valence-corrected chi connectivity index (χ2v) is 8.15. The normalized spacial score (nSPS) is 13.3. The third kappa shape index (κ3) is 7.87. The molecule has 1 aromatic rings. The Hall–Kier alpha value is -0.590. The summed E-state index contributed by atoms with van der Waals surface area (Å²) in [6.45, 7) is 2.86. The lowest BCUT2D eigenvalue weighted by Gasteiger charge is -2.17. The summed E-state index contributed by atoms with van der Waals surface area (Å²) in [7, 11) is -2.89. The van der Waals surface area contributed by atoms with Gasteiger partial charge in [0.05, 0.1) is 0 Å². The van der Waals surface area contributed by atoms with Gasteiger partial charge in [-0.2, -0.15) is 0 Å². The largest absolute Gasteiger partial charge is 0.313 e. The van der Waals surface area contributed by atoms with Crippen molar-refractivity contribution in [2.24, 2.45) is 0 Å². The summed E-state index contributed by atoms with van der Waals surface area (Å²) in [5, 5.41) is 3.34. The molecule has 1 N–H and O–H groups in total. The van der Waals surface area contributed by atoms with Crippen LogP contribution in [-0.2, 0) is 9.84 Å². The van der Waals surface area contributed by atoms with Crippen LogP contribution in [-0.4, -0.2) is 38.8 Å². The standard InChI is InChI=1S/C14H22FNO2S2/c1-3-16-13(7-5-9-20(2,17)18)11-19-14-8-4-6-12(15)10-14/h4,6,8,10,13,16H,3,5,7,9,11H2,1-2H3. The van der Waals surface area contributed by atoms with Gasteiger partial charge >= 0.3 is 0 Å². The molecule has 0 amide bonds. The molecule has 6 heteroatoms. The van der Waals surface area contributed by atoms with E-state index in [1.54, 1.807) is 17.8 Å². The van der Waals surface area contributed by atoms with Crippen LogP contribution in [0.3, 0.4) is 0 Å². The Labute approximate surface area is 125 Å². The molecule has 0 radical (unpaired) electrons. The molecule has 1 rings (SSSR count).